The Hall–Kier alpha value is -1.00. The zero-order valence-electron chi connectivity index (χ0n) is 10.7. The highest BCUT2D eigenvalue weighted by atomic mass is 32.1. The third-order valence-electron chi connectivity index (χ3n) is 3.73. The molecule has 0 N–H and O–H groups in total. The van der Waals surface area contributed by atoms with Crippen LogP contribution < -0.4 is 0 Å². The summed E-state index contributed by atoms with van der Waals surface area (Å²) in [6.07, 6.45) is 2.44. The lowest BCUT2D eigenvalue weighted by Gasteiger charge is -2.21. The lowest BCUT2D eigenvalue weighted by atomic mass is 10.1. The van der Waals surface area contributed by atoms with Gasteiger partial charge in [-0.1, -0.05) is 0 Å². The molecule has 0 radical (unpaired) electrons. The van der Waals surface area contributed by atoms with Crippen molar-refractivity contribution in [2.24, 2.45) is 0 Å². The summed E-state index contributed by atoms with van der Waals surface area (Å²) in [4.78, 5) is 6.79. The summed E-state index contributed by atoms with van der Waals surface area (Å²) in [5, 5.41) is 0.996. The predicted molar refractivity (Wildman–Crippen MR) is 73.4 cm³/mol. The summed E-state index contributed by atoms with van der Waals surface area (Å²) in [5.74, 6) is -0.0924. The number of fused-ring (bicyclic) bond motifs is 1. The molecule has 0 amide bonds. The fourth-order valence-electron chi connectivity index (χ4n) is 2.68. The fraction of sp³-hybridized carbons (Fsp3) is 0.500. The van der Waals surface area contributed by atoms with E-state index < -0.39 is 0 Å². The maximum absolute atomic E-state index is 14.1. The SMILES string of the molecule is Cc1nc2cc(CN3CCC[C@@H]3C)c(F)cc2s1. The zero-order chi connectivity index (χ0) is 12.7. The molecule has 18 heavy (non-hydrogen) atoms. The maximum Gasteiger partial charge on any atom is 0.129 e. The van der Waals surface area contributed by atoms with Crippen LogP contribution in [0.25, 0.3) is 10.2 Å². The molecular formula is C14H17FN2S. The van der Waals surface area contributed by atoms with E-state index in [2.05, 4.69) is 16.8 Å². The molecule has 1 aliphatic rings. The highest BCUT2D eigenvalue weighted by Crippen LogP contribution is 2.27. The van der Waals surface area contributed by atoms with Crippen LogP contribution in [0.15, 0.2) is 12.1 Å². The van der Waals surface area contributed by atoms with Gasteiger partial charge in [0.15, 0.2) is 0 Å². The largest absolute Gasteiger partial charge is 0.296 e. The number of aryl methyl sites for hydroxylation is 1. The van der Waals surface area contributed by atoms with Crippen LogP contribution >= 0.6 is 11.3 Å². The van der Waals surface area contributed by atoms with E-state index >= 15 is 0 Å². The number of benzene rings is 1. The van der Waals surface area contributed by atoms with E-state index in [0.29, 0.717) is 12.6 Å². The van der Waals surface area contributed by atoms with Crippen LogP contribution in [-0.2, 0) is 6.54 Å². The Morgan fingerprint density at radius 1 is 1.50 bits per heavy atom. The van der Waals surface area contributed by atoms with Gasteiger partial charge in [0.05, 0.1) is 15.2 Å². The molecule has 1 aromatic carbocycles. The first kappa shape index (κ1) is 12.1. The van der Waals surface area contributed by atoms with Crippen LogP contribution in [-0.4, -0.2) is 22.5 Å². The number of likely N-dealkylation sites (tertiary alicyclic amines) is 1. The summed E-state index contributed by atoms with van der Waals surface area (Å²) in [5.41, 5.74) is 1.71. The molecule has 1 aromatic heterocycles. The van der Waals surface area contributed by atoms with Gasteiger partial charge in [-0.2, -0.15) is 0 Å². The molecule has 1 aliphatic heterocycles. The van der Waals surface area contributed by atoms with Crippen LogP contribution in [0.4, 0.5) is 4.39 Å². The van der Waals surface area contributed by atoms with Gasteiger partial charge in [-0.05, 0) is 45.4 Å². The van der Waals surface area contributed by atoms with Crippen LogP contribution in [0, 0.1) is 12.7 Å². The second-order valence-electron chi connectivity index (χ2n) is 5.11. The minimum Gasteiger partial charge on any atom is -0.296 e. The van der Waals surface area contributed by atoms with Crippen molar-refractivity contribution in [1.29, 1.82) is 0 Å². The highest BCUT2D eigenvalue weighted by Gasteiger charge is 2.21. The molecule has 2 aromatic rings. The molecule has 2 nitrogen and oxygen atoms in total. The molecule has 0 aliphatic carbocycles. The Morgan fingerprint density at radius 2 is 2.33 bits per heavy atom. The average Bonchev–Trinajstić information content (AvgIpc) is 2.85. The third kappa shape index (κ3) is 2.15. The number of hydrogen-bond donors (Lipinski definition) is 0. The van der Waals surface area contributed by atoms with Gasteiger partial charge in [0.25, 0.3) is 0 Å². The van der Waals surface area contributed by atoms with Crippen LogP contribution in [0.1, 0.15) is 30.3 Å². The van der Waals surface area contributed by atoms with E-state index in [-0.39, 0.29) is 5.82 Å². The molecule has 2 heterocycles. The lowest BCUT2D eigenvalue weighted by molar-refractivity contribution is 0.257. The van der Waals surface area contributed by atoms with E-state index in [9.17, 15) is 4.39 Å². The minimum atomic E-state index is -0.0924. The van der Waals surface area contributed by atoms with Crippen molar-refractivity contribution in [3.63, 3.8) is 0 Å². The Morgan fingerprint density at radius 3 is 3.06 bits per heavy atom. The molecule has 1 atom stereocenters. The van der Waals surface area contributed by atoms with Gasteiger partial charge in [-0.15, -0.1) is 11.3 Å². The van der Waals surface area contributed by atoms with E-state index in [0.717, 1.165) is 27.3 Å². The van der Waals surface area contributed by atoms with Crippen molar-refractivity contribution >= 4 is 21.6 Å². The van der Waals surface area contributed by atoms with Gasteiger partial charge in [0.2, 0.25) is 0 Å². The summed E-state index contributed by atoms with van der Waals surface area (Å²) in [6, 6.07) is 4.12. The smallest absolute Gasteiger partial charge is 0.129 e. The van der Waals surface area contributed by atoms with Gasteiger partial charge >= 0.3 is 0 Å². The van der Waals surface area contributed by atoms with E-state index in [1.807, 2.05) is 13.0 Å². The molecule has 0 spiro atoms. The molecule has 1 saturated heterocycles. The van der Waals surface area contributed by atoms with Crippen molar-refractivity contribution in [3.8, 4) is 0 Å². The molecule has 0 saturated carbocycles. The minimum absolute atomic E-state index is 0.0924. The van der Waals surface area contributed by atoms with Crippen LogP contribution in [0.5, 0.6) is 0 Å². The number of aromatic nitrogens is 1. The van der Waals surface area contributed by atoms with Crippen molar-refractivity contribution < 1.29 is 4.39 Å². The van der Waals surface area contributed by atoms with Crippen molar-refractivity contribution in [2.45, 2.75) is 39.3 Å². The Labute approximate surface area is 110 Å². The molecular weight excluding hydrogens is 247 g/mol. The topological polar surface area (TPSA) is 16.1 Å². The Bertz CT molecular complexity index is 578. The first-order valence-electron chi connectivity index (χ1n) is 6.43. The molecule has 4 heteroatoms. The molecule has 0 unspecified atom stereocenters. The Kier molecular flexibility index (Phi) is 3.08. The average molecular weight is 264 g/mol. The van der Waals surface area contributed by atoms with Crippen molar-refractivity contribution in [2.75, 3.05) is 6.54 Å². The predicted octanol–water partition coefficient (Wildman–Crippen LogP) is 3.73. The van der Waals surface area contributed by atoms with Gasteiger partial charge in [0, 0.05) is 18.2 Å². The van der Waals surface area contributed by atoms with E-state index in [1.165, 1.54) is 12.8 Å². The number of thiazole rings is 1. The summed E-state index contributed by atoms with van der Waals surface area (Å²) in [6.45, 7) is 5.97. The monoisotopic (exact) mass is 264 g/mol. The number of rotatable bonds is 2. The summed E-state index contributed by atoms with van der Waals surface area (Å²) >= 11 is 1.55. The first-order valence-corrected chi connectivity index (χ1v) is 7.25. The van der Waals surface area contributed by atoms with Crippen LogP contribution in [0.3, 0.4) is 0 Å². The van der Waals surface area contributed by atoms with Crippen LogP contribution in [0.2, 0.25) is 0 Å². The van der Waals surface area contributed by atoms with Crippen molar-refractivity contribution in [1.82, 2.24) is 9.88 Å². The summed E-state index contributed by atoms with van der Waals surface area (Å²) in [7, 11) is 0. The van der Waals surface area contributed by atoms with Gasteiger partial charge in [-0.3, -0.25) is 4.90 Å². The number of halogens is 1. The van der Waals surface area contributed by atoms with Gasteiger partial charge in [0.1, 0.15) is 5.82 Å². The first-order chi connectivity index (χ1) is 8.63. The lowest BCUT2D eigenvalue weighted by Crippen LogP contribution is -2.26. The second-order valence-corrected chi connectivity index (χ2v) is 6.34. The zero-order valence-corrected chi connectivity index (χ0v) is 11.6. The summed E-state index contributed by atoms with van der Waals surface area (Å²) < 4.78 is 15.0. The quantitative estimate of drug-likeness (QED) is 0.821. The molecule has 0 bridgehead atoms. The van der Waals surface area contributed by atoms with Crippen molar-refractivity contribution in [3.05, 3.63) is 28.5 Å². The fourth-order valence-corrected chi connectivity index (χ4v) is 3.51. The molecule has 1 fully saturated rings. The van der Waals surface area contributed by atoms with Gasteiger partial charge < -0.3 is 0 Å². The van der Waals surface area contributed by atoms with Gasteiger partial charge in [-0.25, -0.2) is 9.37 Å². The molecule has 96 valence electrons. The Balaban J connectivity index is 1.93. The molecule has 3 rings (SSSR count). The normalized spacial score (nSPS) is 20.9. The third-order valence-corrected chi connectivity index (χ3v) is 4.66. The number of nitrogens with zero attached hydrogens (tertiary/aromatic N) is 2. The maximum atomic E-state index is 14.1. The van der Waals surface area contributed by atoms with E-state index in [4.69, 9.17) is 0 Å². The second kappa shape index (κ2) is 4.59. The number of hydrogen-bond acceptors (Lipinski definition) is 3. The van der Waals surface area contributed by atoms with E-state index in [1.54, 1.807) is 17.4 Å². The highest BCUT2D eigenvalue weighted by molar-refractivity contribution is 7.18. The standard InChI is InChI=1S/C14H17FN2S/c1-9-4-3-5-17(9)8-11-6-13-14(7-12(11)15)18-10(2)16-13/h6-7,9H,3-5,8H2,1-2H3/t9-/m0/s1.